The number of carbonyl (C=O) groups excluding carboxylic acids is 1. The molecule has 2 N–H and O–H groups in total. The summed E-state index contributed by atoms with van der Waals surface area (Å²) in [6.45, 7) is 4.05. The smallest absolute Gasteiger partial charge is 0.321 e. The normalized spacial score (nSPS) is 15.0. The van der Waals surface area contributed by atoms with Crippen molar-refractivity contribution in [2.24, 2.45) is 0 Å². The van der Waals surface area contributed by atoms with Gasteiger partial charge in [0.1, 0.15) is 0 Å². The minimum atomic E-state index is -0.193. The van der Waals surface area contributed by atoms with Crippen LogP contribution in [0, 0.1) is 6.92 Å². The lowest BCUT2D eigenvalue weighted by molar-refractivity contribution is 0.249. The number of thiazole rings is 1. The van der Waals surface area contributed by atoms with Crippen molar-refractivity contribution in [3.8, 4) is 0 Å². The monoisotopic (exact) mass is 315 g/mol. The van der Waals surface area contributed by atoms with Crippen molar-refractivity contribution < 1.29 is 4.79 Å². The number of urea groups is 1. The second kappa shape index (κ2) is 6.48. The molecule has 0 aliphatic heterocycles. The molecule has 4 nitrogen and oxygen atoms in total. The van der Waals surface area contributed by atoms with Crippen LogP contribution in [0.5, 0.6) is 0 Å². The molecule has 5 heteroatoms. The van der Waals surface area contributed by atoms with Crippen LogP contribution < -0.4 is 10.6 Å². The molecule has 116 valence electrons. The van der Waals surface area contributed by atoms with Crippen molar-refractivity contribution in [1.82, 2.24) is 10.3 Å². The SMILES string of the molecule is Cc1ccccc1C(C)NC(=O)Nc1nc2c(s1)CCCC2. The van der Waals surface area contributed by atoms with E-state index in [1.54, 1.807) is 11.3 Å². The molecule has 0 radical (unpaired) electrons. The highest BCUT2D eigenvalue weighted by Crippen LogP contribution is 2.29. The molecular weight excluding hydrogens is 294 g/mol. The first-order valence-electron chi connectivity index (χ1n) is 7.75. The van der Waals surface area contributed by atoms with Gasteiger partial charge in [0.2, 0.25) is 0 Å². The molecule has 1 heterocycles. The maximum atomic E-state index is 12.2. The summed E-state index contributed by atoms with van der Waals surface area (Å²) >= 11 is 1.61. The van der Waals surface area contributed by atoms with Gasteiger partial charge in [-0.3, -0.25) is 5.32 Å². The fraction of sp³-hybridized carbons (Fsp3) is 0.412. The average molecular weight is 315 g/mol. The third-order valence-corrected chi connectivity index (χ3v) is 5.14. The van der Waals surface area contributed by atoms with Crippen LogP contribution in [0.3, 0.4) is 0 Å². The van der Waals surface area contributed by atoms with E-state index in [9.17, 15) is 4.79 Å². The topological polar surface area (TPSA) is 54.0 Å². The van der Waals surface area contributed by atoms with Crippen LogP contribution >= 0.6 is 11.3 Å². The fourth-order valence-electron chi connectivity index (χ4n) is 2.89. The van der Waals surface area contributed by atoms with Gasteiger partial charge in [0.15, 0.2) is 5.13 Å². The molecule has 3 rings (SSSR count). The van der Waals surface area contributed by atoms with E-state index in [-0.39, 0.29) is 12.1 Å². The van der Waals surface area contributed by atoms with E-state index in [0.717, 1.165) is 18.4 Å². The van der Waals surface area contributed by atoms with E-state index in [1.807, 2.05) is 25.1 Å². The first kappa shape index (κ1) is 15.0. The van der Waals surface area contributed by atoms with Crippen molar-refractivity contribution in [2.45, 2.75) is 45.6 Å². The number of aryl methyl sites for hydroxylation is 3. The van der Waals surface area contributed by atoms with E-state index >= 15 is 0 Å². The summed E-state index contributed by atoms with van der Waals surface area (Å²) in [4.78, 5) is 18.0. The Morgan fingerprint density at radius 1 is 1.27 bits per heavy atom. The zero-order valence-corrected chi connectivity index (χ0v) is 13.8. The number of hydrogen-bond donors (Lipinski definition) is 2. The average Bonchev–Trinajstić information content (AvgIpc) is 2.89. The lowest BCUT2D eigenvalue weighted by Gasteiger charge is -2.16. The molecule has 22 heavy (non-hydrogen) atoms. The van der Waals surface area contributed by atoms with Gasteiger partial charge in [0.25, 0.3) is 0 Å². The standard InChI is InChI=1S/C17H21N3OS/c1-11-7-3-4-8-13(11)12(2)18-16(21)20-17-19-14-9-5-6-10-15(14)22-17/h3-4,7-8,12H,5-6,9-10H2,1-2H3,(H2,18,19,20,21). The third kappa shape index (κ3) is 3.30. The molecule has 2 aromatic rings. The van der Waals surface area contributed by atoms with Crippen molar-refractivity contribution in [3.05, 3.63) is 46.0 Å². The van der Waals surface area contributed by atoms with Gasteiger partial charge in [-0.15, -0.1) is 11.3 Å². The van der Waals surface area contributed by atoms with Crippen molar-refractivity contribution in [2.75, 3.05) is 5.32 Å². The van der Waals surface area contributed by atoms with Gasteiger partial charge < -0.3 is 5.32 Å². The van der Waals surface area contributed by atoms with Crippen LogP contribution in [0.15, 0.2) is 24.3 Å². The number of nitrogens with zero attached hydrogens (tertiary/aromatic N) is 1. The van der Waals surface area contributed by atoms with Crippen molar-refractivity contribution in [3.63, 3.8) is 0 Å². The number of aromatic nitrogens is 1. The van der Waals surface area contributed by atoms with E-state index in [1.165, 1.54) is 29.0 Å². The molecule has 1 aromatic carbocycles. The number of benzene rings is 1. The largest absolute Gasteiger partial charge is 0.331 e. The summed E-state index contributed by atoms with van der Waals surface area (Å²) in [6, 6.07) is 7.87. The molecule has 1 aliphatic carbocycles. The van der Waals surface area contributed by atoms with E-state index in [0.29, 0.717) is 5.13 Å². The fourth-order valence-corrected chi connectivity index (χ4v) is 3.93. The second-order valence-corrected chi connectivity index (χ2v) is 6.86. The van der Waals surface area contributed by atoms with Gasteiger partial charge in [-0.1, -0.05) is 24.3 Å². The number of carbonyl (C=O) groups is 1. The molecule has 2 amide bonds. The number of anilines is 1. The van der Waals surface area contributed by atoms with Crippen molar-refractivity contribution in [1.29, 1.82) is 0 Å². The minimum absolute atomic E-state index is 0.0317. The Labute approximate surface area is 135 Å². The highest BCUT2D eigenvalue weighted by atomic mass is 32.1. The zero-order chi connectivity index (χ0) is 15.5. The van der Waals surface area contributed by atoms with Gasteiger partial charge in [-0.25, -0.2) is 9.78 Å². The number of hydrogen-bond acceptors (Lipinski definition) is 3. The Bertz CT molecular complexity index is 657. The third-order valence-electron chi connectivity index (χ3n) is 4.07. The van der Waals surface area contributed by atoms with Crippen LogP contribution in [0.25, 0.3) is 0 Å². The maximum Gasteiger partial charge on any atom is 0.321 e. The Hall–Kier alpha value is -1.88. The summed E-state index contributed by atoms with van der Waals surface area (Å²) in [5, 5.41) is 6.57. The van der Waals surface area contributed by atoms with Crippen LogP contribution in [-0.2, 0) is 12.8 Å². The molecule has 0 spiro atoms. The molecule has 1 unspecified atom stereocenters. The second-order valence-electron chi connectivity index (χ2n) is 5.77. The number of fused-ring (bicyclic) bond motifs is 1. The Morgan fingerprint density at radius 3 is 2.82 bits per heavy atom. The lowest BCUT2D eigenvalue weighted by Crippen LogP contribution is -2.31. The number of nitrogens with one attached hydrogen (secondary N) is 2. The number of amides is 2. The first-order chi connectivity index (χ1) is 10.6. The molecule has 1 atom stereocenters. The summed E-state index contributed by atoms with van der Waals surface area (Å²) in [5.41, 5.74) is 3.48. The van der Waals surface area contributed by atoms with Gasteiger partial charge in [0, 0.05) is 4.88 Å². The highest BCUT2D eigenvalue weighted by Gasteiger charge is 2.17. The summed E-state index contributed by atoms with van der Waals surface area (Å²) in [5.74, 6) is 0. The predicted octanol–water partition coefficient (Wildman–Crippen LogP) is 4.21. The quantitative estimate of drug-likeness (QED) is 0.891. The highest BCUT2D eigenvalue weighted by molar-refractivity contribution is 7.15. The summed E-state index contributed by atoms with van der Waals surface area (Å²) in [6.07, 6.45) is 4.56. The van der Waals surface area contributed by atoms with Crippen LogP contribution in [0.4, 0.5) is 9.93 Å². The number of rotatable bonds is 3. The first-order valence-corrected chi connectivity index (χ1v) is 8.57. The molecule has 0 fully saturated rings. The van der Waals surface area contributed by atoms with Crippen LogP contribution in [0.2, 0.25) is 0 Å². The molecule has 1 aromatic heterocycles. The van der Waals surface area contributed by atoms with E-state index in [4.69, 9.17) is 0 Å². The Morgan fingerprint density at radius 2 is 2.05 bits per heavy atom. The van der Waals surface area contributed by atoms with Gasteiger partial charge in [-0.2, -0.15) is 0 Å². The predicted molar refractivity (Wildman–Crippen MR) is 90.5 cm³/mol. The zero-order valence-electron chi connectivity index (χ0n) is 13.0. The molecular formula is C17H21N3OS. The van der Waals surface area contributed by atoms with Gasteiger partial charge in [-0.05, 0) is 50.7 Å². The lowest BCUT2D eigenvalue weighted by atomic mass is 10.0. The summed E-state index contributed by atoms with van der Waals surface area (Å²) < 4.78 is 0. The maximum absolute atomic E-state index is 12.2. The van der Waals surface area contributed by atoms with Gasteiger partial charge >= 0.3 is 6.03 Å². The molecule has 0 saturated carbocycles. The van der Waals surface area contributed by atoms with Crippen LogP contribution in [0.1, 0.15) is 47.5 Å². The minimum Gasteiger partial charge on any atom is -0.331 e. The Kier molecular flexibility index (Phi) is 4.43. The van der Waals surface area contributed by atoms with E-state index in [2.05, 4.69) is 28.6 Å². The molecule has 0 saturated heterocycles. The van der Waals surface area contributed by atoms with E-state index < -0.39 is 0 Å². The summed E-state index contributed by atoms with van der Waals surface area (Å²) in [7, 11) is 0. The molecule has 1 aliphatic rings. The van der Waals surface area contributed by atoms with Crippen molar-refractivity contribution >= 4 is 22.5 Å². The van der Waals surface area contributed by atoms with Crippen LogP contribution in [-0.4, -0.2) is 11.0 Å². The molecule has 0 bridgehead atoms. The Balaban J connectivity index is 1.63. The van der Waals surface area contributed by atoms with Gasteiger partial charge in [0.05, 0.1) is 11.7 Å².